The molecule has 37 heavy (non-hydrogen) atoms. The maximum absolute atomic E-state index is 13.6. The van der Waals surface area contributed by atoms with E-state index in [2.05, 4.69) is 20.7 Å². The normalized spacial score (nSPS) is 32.5. The summed E-state index contributed by atoms with van der Waals surface area (Å²) in [6.45, 7) is 6.04. The number of hydrogen-bond acceptors (Lipinski definition) is 5. The van der Waals surface area contributed by atoms with E-state index in [4.69, 9.17) is 0 Å². The molecule has 11 heteroatoms. The van der Waals surface area contributed by atoms with Crippen LogP contribution in [0.15, 0.2) is 12.2 Å². The molecule has 5 atom stereocenters. The summed E-state index contributed by atoms with van der Waals surface area (Å²) in [7, 11) is 0. The average molecular weight is 536 g/mol. The standard InChI is InChI=1S/C26H41N5O5S/c1-25(2,3)29-24(35)27-19-11-8-6-4-5-7-10-17-16-26(17,23(34)30-37(36)18-13-14-18)28-21(32)20-12-9-15-31(20)22(19)33/h7,10,17-20H,4-6,8-9,11-16H2,1-3H3,(H,28,32)(H,30,34)(H2,27,29,35)/b10-7-/t17-,19+,20+,26-,37?/m1/s1. The summed E-state index contributed by atoms with van der Waals surface area (Å²) in [6.07, 6.45) is 11.2. The number of hydrogen-bond donors (Lipinski definition) is 4. The van der Waals surface area contributed by atoms with Crippen molar-refractivity contribution in [2.24, 2.45) is 5.92 Å². The van der Waals surface area contributed by atoms with E-state index in [-0.39, 0.29) is 23.0 Å². The lowest BCUT2D eigenvalue weighted by atomic mass is 10.0. The number of nitrogens with one attached hydrogen (secondary N) is 4. The molecule has 2 saturated carbocycles. The van der Waals surface area contributed by atoms with Crippen LogP contribution in [-0.4, -0.2) is 68.2 Å². The topological polar surface area (TPSA) is 143 Å². The van der Waals surface area contributed by atoms with Crippen LogP contribution >= 0.6 is 0 Å². The molecule has 4 rings (SSSR count). The van der Waals surface area contributed by atoms with Crippen molar-refractivity contribution in [3.8, 4) is 0 Å². The van der Waals surface area contributed by atoms with Crippen LogP contribution in [0.25, 0.3) is 0 Å². The maximum atomic E-state index is 13.6. The van der Waals surface area contributed by atoms with Crippen molar-refractivity contribution in [2.45, 2.75) is 113 Å². The highest BCUT2D eigenvalue weighted by Gasteiger charge is 2.62. The van der Waals surface area contributed by atoms with Crippen LogP contribution in [0.3, 0.4) is 0 Å². The first-order valence-corrected chi connectivity index (χ1v) is 14.8. The summed E-state index contributed by atoms with van der Waals surface area (Å²) in [5, 5.41) is 8.63. The van der Waals surface area contributed by atoms with Gasteiger partial charge in [-0.25, -0.2) is 4.79 Å². The fourth-order valence-electron chi connectivity index (χ4n) is 5.18. The molecule has 3 fully saturated rings. The molecule has 0 radical (unpaired) electrons. The Balaban J connectivity index is 1.51. The molecule has 5 amide bonds. The van der Waals surface area contributed by atoms with Crippen molar-refractivity contribution < 1.29 is 23.7 Å². The van der Waals surface area contributed by atoms with Gasteiger partial charge < -0.3 is 25.4 Å². The Morgan fingerprint density at radius 2 is 1.86 bits per heavy atom. The second-order valence-electron chi connectivity index (χ2n) is 11.9. The average Bonchev–Trinajstić information content (AvgIpc) is 3.72. The van der Waals surface area contributed by atoms with Gasteiger partial charge in [-0.2, -0.15) is 4.72 Å². The quantitative estimate of drug-likeness (QED) is 0.321. The third kappa shape index (κ3) is 6.98. The molecule has 0 bridgehead atoms. The minimum atomic E-state index is -1.45. The van der Waals surface area contributed by atoms with Gasteiger partial charge in [0, 0.05) is 30.8 Å². The van der Waals surface area contributed by atoms with Crippen LogP contribution in [0.1, 0.15) is 85.0 Å². The van der Waals surface area contributed by atoms with E-state index in [9.17, 15) is 23.7 Å². The smallest absolute Gasteiger partial charge is 0.315 e. The summed E-state index contributed by atoms with van der Waals surface area (Å²) in [6, 6.07) is -1.85. The SMILES string of the molecule is CC(C)(C)NC(=O)N[C@H]1CCCCC/C=C\[C@@H]2C[C@@]2(C(=O)N[S+]([O-])C2CC2)NC(=O)[C@@H]2CCCN2C1=O. The third-order valence-electron chi connectivity index (χ3n) is 7.45. The van der Waals surface area contributed by atoms with E-state index in [0.29, 0.717) is 32.2 Å². The lowest BCUT2D eigenvalue weighted by Gasteiger charge is -2.31. The molecule has 2 aliphatic carbocycles. The minimum absolute atomic E-state index is 0.00564. The highest BCUT2D eigenvalue weighted by molar-refractivity contribution is 7.90. The number of rotatable bonds is 4. The van der Waals surface area contributed by atoms with Crippen LogP contribution in [0, 0.1) is 5.92 Å². The first-order chi connectivity index (χ1) is 17.5. The monoisotopic (exact) mass is 535 g/mol. The van der Waals surface area contributed by atoms with Crippen molar-refractivity contribution in [1.82, 2.24) is 25.6 Å². The fraction of sp³-hybridized carbons (Fsp3) is 0.769. The van der Waals surface area contributed by atoms with Crippen LogP contribution in [0.2, 0.25) is 0 Å². The largest absolute Gasteiger partial charge is 0.593 e. The lowest BCUT2D eigenvalue weighted by Crippen LogP contribution is -2.59. The molecule has 2 aliphatic heterocycles. The number of urea groups is 1. The van der Waals surface area contributed by atoms with E-state index in [0.717, 1.165) is 38.5 Å². The van der Waals surface area contributed by atoms with Gasteiger partial charge in [-0.1, -0.05) is 25.0 Å². The van der Waals surface area contributed by atoms with Gasteiger partial charge in [0.2, 0.25) is 11.8 Å². The van der Waals surface area contributed by atoms with Crippen LogP contribution in [-0.2, 0) is 25.7 Å². The summed E-state index contributed by atoms with van der Waals surface area (Å²) in [4.78, 5) is 54.5. The molecule has 0 aromatic rings. The molecule has 1 unspecified atom stereocenters. The Kier molecular flexibility index (Phi) is 8.42. The molecular weight excluding hydrogens is 494 g/mol. The summed E-state index contributed by atoms with van der Waals surface area (Å²) in [5.41, 5.74) is -1.59. The van der Waals surface area contributed by atoms with Gasteiger partial charge in [-0.3, -0.25) is 14.4 Å². The van der Waals surface area contributed by atoms with Crippen molar-refractivity contribution in [1.29, 1.82) is 0 Å². The highest BCUT2D eigenvalue weighted by atomic mass is 32.2. The second-order valence-corrected chi connectivity index (χ2v) is 13.3. The van der Waals surface area contributed by atoms with Gasteiger partial charge in [0.1, 0.15) is 22.9 Å². The van der Waals surface area contributed by atoms with Gasteiger partial charge in [-0.05, 0) is 59.3 Å². The van der Waals surface area contributed by atoms with E-state index < -0.39 is 46.5 Å². The number of allylic oxidation sites excluding steroid dienone is 1. The lowest BCUT2D eigenvalue weighted by molar-refractivity contribution is -0.141. The zero-order valence-corrected chi connectivity index (χ0v) is 23.0. The third-order valence-corrected chi connectivity index (χ3v) is 8.91. The molecule has 0 spiro atoms. The first-order valence-electron chi connectivity index (χ1n) is 13.6. The molecule has 0 aromatic heterocycles. The Hall–Kier alpha value is -2.27. The van der Waals surface area contributed by atoms with Gasteiger partial charge in [-0.15, -0.1) is 0 Å². The van der Waals surface area contributed by atoms with E-state index in [1.54, 1.807) is 4.90 Å². The minimum Gasteiger partial charge on any atom is -0.593 e. The van der Waals surface area contributed by atoms with Crippen LogP contribution in [0.4, 0.5) is 4.79 Å². The molecule has 4 aliphatic rings. The number of amides is 5. The number of carbonyl (C=O) groups is 4. The van der Waals surface area contributed by atoms with Crippen molar-refractivity contribution in [2.75, 3.05) is 6.54 Å². The van der Waals surface area contributed by atoms with Crippen LogP contribution < -0.4 is 20.7 Å². The van der Waals surface area contributed by atoms with E-state index in [1.165, 1.54) is 0 Å². The predicted octanol–water partition coefficient (Wildman–Crippen LogP) is 1.78. The van der Waals surface area contributed by atoms with Crippen LogP contribution in [0.5, 0.6) is 0 Å². The Labute approximate surface area is 222 Å². The summed E-state index contributed by atoms with van der Waals surface area (Å²) < 4.78 is 15.0. The summed E-state index contributed by atoms with van der Waals surface area (Å²) in [5.74, 6) is -1.23. The second kappa shape index (κ2) is 11.2. The Morgan fingerprint density at radius 1 is 1.11 bits per heavy atom. The number of carbonyl (C=O) groups excluding carboxylic acids is 4. The summed E-state index contributed by atoms with van der Waals surface area (Å²) >= 11 is -1.45. The van der Waals surface area contributed by atoms with Gasteiger partial charge >= 0.3 is 6.03 Å². The first kappa shape index (κ1) is 27.8. The molecule has 1 saturated heterocycles. The molecule has 4 N–H and O–H groups in total. The number of fused-ring (bicyclic) bond motifs is 2. The molecule has 2 heterocycles. The van der Waals surface area contributed by atoms with Gasteiger partial charge in [0.15, 0.2) is 0 Å². The Bertz CT molecular complexity index is 933. The van der Waals surface area contributed by atoms with E-state index in [1.807, 2.05) is 32.9 Å². The van der Waals surface area contributed by atoms with Crippen molar-refractivity contribution in [3.63, 3.8) is 0 Å². The molecule has 10 nitrogen and oxygen atoms in total. The fourth-order valence-corrected chi connectivity index (χ4v) is 6.27. The van der Waals surface area contributed by atoms with Crippen molar-refractivity contribution >= 4 is 35.1 Å². The zero-order chi connectivity index (χ0) is 26.8. The maximum Gasteiger partial charge on any atom is 0.315 e. The molecular formula is C26H41N5O5S. The van der Waals surface area contributed by atoms with Gasteiger partial charge in [0.05, 0.1) is 11.4 Å². The molecule has 0 aromatic carbocycles. The predicted molar refractivity (Wildman–Crippen MR) is 140 cm³/mol. The van der Waals surface area contributed by atoms with E-state index >= 15 is 0 Å². The van der Waals surface area contributed by atoms with Gasteiger partial charge in [0.25, 0.3) is 5.91 Å². The Morgan fingerprint density at radius 3 is 2.57 bits per heavy atom. The number of nitrogens with zero attached hydrogens (tertiary/aromatic N) is 1. The van der Waals surface area contributed by atoms with Crippen molar-refractivity contribution in [3.05, 3.63) is 12.2 Å². The zero-order valence-electron chi connectivity index (χ0n) is 22.1. The highest BCUT2D eigenvalue weighted by Crippen LogP contribution is 2.46. The molecule has 206 valence electrons.